The van der Waals surface area contributed by atoms with Gasteiger partial charge in [0.2, 0.25) is 17.8 Å². The summed E-state index contributed by atoms with van der Waals surface area (Å²) in [4.78, 5) is 24.9. The summed E-state index contributed by atoms with van der Waals surface area (Å²) < 4.78 is 4.80. The molecule has 8 nitrogen and oxygen atoms in total. The minimum Gasteiger partial charge on any atom is -0.466 e. The summed E-state index contributed by atoms with van der Waals surface area (Å²) in [7, 11) is 3.61. The highest BCUT2D eigenvalue weighted by Gasteiger charge is 2.06. The molecule has 1 rings (SSSR count). The van der Waals surface area contributed by atoms with Crippen molar-refractivity contribution < 1.29 is 9.53 Å². The maximum Gasteiger partial charge on any atom is 0.307 e. The standard InChI is InChI=1S/C10H18N6O2/c1-4-18-7(17)5-6-12-9-13-8(11)14-10(15-9)16(2)3/h4-6H2,1-3H3,(H3,11,12,13,14,15). The zero-order valence-corrected chi connectivity index (χ0v) is 10.8. The lowest BCUT2D eigenvalue weighted by atomic mass is 10.4. The first-order valence-electron chi connectivity index (χ1n) is 5.61. The largest absolute Gasteiger partial charge is 0.466 e. The summed E-state index contributed by atoms with van der Waals surface area (Å²) in [6.45, 7) is 2.53. The Bertz CT molecular complexity index is 409. The van der Waals surface area contributed by atoms with Crippen LogP contribution < -0.4 is 16.0 Å². The van der Waals surface area contributed by atoms with Gasteiger partial charge in [0, 0.05) is 20.6 Å². The molecule has 0 saturated heterocycles. The van der Waals surface area contributed by atoms with Crippen LogP contribution in [0.4, 0.5) is 17.8 Å². The third-order valence-corrected chi connectivity index (χ3v) is 1.96. The predicted molar refractivity (Wildman–Crippen MR) is 68.3 cm³/mol. The smallest absolute Gasteiger partial charge is 0.307 e. The fourth-order valence-electron chi connectivity index (χ4n) is 1.17. The van der Waals surface area contributed by atoms with Gasteiger partial charge in [-0.1, -0.05) is 0 Å². The number of nitrogens with zero attached hydrogens (tertiary/aromatic N) is 4. The van der Waals surface area contributed by atoms with E-state index < -0.39 is 0 Å². The number of carbonyl (C=O) groups is 1. The number of hydrogen-bond donors (Lipinski definition) is 2. The summed E-state index contributed by atoms with van der Waals surface area (Å²) in [5, 5.41) is 2.90. The van der Waals surface area contributed by atoms with Crippen molar-refractivity contribution in [1.82, 2.24) is 15.0 Å². The van der Waals surface area contributed by atoms with Gasteiger partial charge in [-0.05, 0) is 6.92 Å². The molecule has 1 aromatic heterocycles. The van der Waals surface area contributed by atoms with E-state index in [1.165, 1.54) is 0 Å². The summed E-state index contributed by atoms with van der Waals surface area (Å²) >= 11 is 0. The van der Waals surface area contributed by atoms with E-state index in [9.17, 15) is 4.79 Å². The van der Waals surface area contributed by atoms with Crippen LogP contribution >= 0.6 is 0 Å². The van der Waals surface area contributed by atoms with Crippen LogP contribution in [0.2, 0.25) is 0 Å². The summed E-state index contributed by atoms with van der Waals surface area (Å²) in [6, 6.07) is 0. The van der Waals surface area contributed by atoms with E-state index in [2.05, 4.69) is 20.3 Å². The number of carbonyl (C=O) groups excluding carboxylic acids is 1. The fourth-order valence-corrected chi connectivity index (χ4v) is 1.17. The first-order valence-corrected chi connectivity index (χ1v) is 5.61. The minimum absolute atomic E-state index is 0.132. The van der Waals surface area contributed by atoms with E-state index in [-0.39, 0.29) is 18.3 Å². The Hall–Kier alpha value is -2.12. The van der Waals surface area contributed by atoms with Crippen molar-refractivity contribution in [3.8, 4) is 0 Å². The van der Waals surface area contributed by atoms with E-state index in [1.54, 1.807) is 25.9 Å². The minimum atomic E-state index is -0.264. The fraction of sp³-hybridized carbons (Fsp3) is 0.600. The van der Waals surface area contributed by atoms with Gasteiger partial charge in [0.25, 0.3) is 0 Å². The first kappa shape index (κ1) is 13.9. The van der Waals surface area contributed by atoms with Gasteiger partial charge in [-0.2, -0.15) is 15.0 Å². The third-order valence-electron chi connectivity index (χ3n) is 1.96. The molecule has 0 saturated carbocycles. The van der Waals surface area contributed by atoms with Gasteiger partial charge in [-0.3, -0.25) is 4.79 Å². The average Bonchev–Trinajstić information content (AvgIpc) is 2.28. The lowest BCUT2D eigenvalue weighted by Crippen LogP contribution is -2.18. The van der Waals surface area contributed by atoms with Gasteiger partial charge in [-0.15, -0.1) is 0 Å². The Balaban J connectivity index is 2.54. The zero-order valence-electron chi connectivity index (χ0n) is 10.8. The van der Waals surface area contributed by atoms with Crippen LogP contribution in [0.25, 0.3) is 0 Å². The number of nitrogens with one attached hydrogen (secondary N) is 1. The highest BCUT2D eigenvalue weighted by molar-refractivity contribution is 5.69. The van der Waals surface area contributed by atoms with Crippen LogP contribution in [0, 0.1) is 0 Å². The van der Waals surface area contributed by atoms with Gasteiger partial charge < -0.3 is 20.7 Å². The number of nitrogens with two attached hydrogens (primary N) is 1. The number of rotatable bonds is 6. The van der Waals surface area contributed by atoms with Gasteiger partial charge in [0.05, 0.1) is 13.0 Å². The summed E-state index contributed by atoms with van der Waals surface area (Å²) in [6.07, 6.45) is 0.247. The molecular weight excluding hydrogens is 236 g/mol. The SMILES string of the molecule is CCOC(=O)CCNc1nc(N)nc(N(C)C)n1. The number of ether oxygens (including phenoxy) is 1. The van der Waals surface area contributed by atoms with Gasteiger partial charge in [-0.25, -0.2) is 0 Å². The Morgan fingerprint density at radius 2 is 2.11 bits per heavy atom. The van der Waals surface area contributed by atoms with Crippen molar-refractivity contribution >= 4 is 23.8 Å². The van der Waals surface area contributed by atoms with Crippen LogP contribution in [0.15, 0.2) is 0 Å². The number of esters is 1. The van der Waals surface area contributed by atoms with Gasteiger partial charge >= 0.3 is 5.97 Å². The molecule has 0 bridgehead atoms. The van der Waals surface area contributed by atoms with E-state index >= 15 is 0 Å². The molecule has 18 heavy (non-hydrogen) atoms. The maximum absolute atomic E-state index is 11.1. The normalized spacial score (nSPS) is 9.94. The first-order chi connectivity index (χ1) is 8.52. The molecule has 1 heterocycles. The molecule has 8 heteroatoms. The third kappa shape index (κ3) is 4.40. The van der Waals surface area contributed by atoms with E-state index in [1.807, 2.05) is 0 Å². The molecule has 0 unspecified atom stereocenters. The number of nitrogen functional groups attached to an aromatic ring is 1. The Morgan fingerprint density at radius 3 is 2.72 bits per heavy atom. The quantitative estimate of drug-likeness (QED) is 0.677. The molecule has 3 N–H and O–H groups in total. The molecule has 0 aliphatic carbocycles. The lowest BCUT2D eigenvalue weighted by Gasteiger charge is -2.11. The Kier molecular flexibility index (Phi) is 5.09. The number of hydrogen-bond acceptors (Lipinski definition) is 8. The predicted octanol–water partition coefficient (Wildman–Crippen LogP) is -0.115. The number of anilines is 3. The molecule has 0 aliphatic rings. The van der Waals surface area contributed by atoms with Crippen molar-refractivity contribution in [3.05, 3.63) is 0 Å². The van der Waals surface area contributed by atoms with Crippen molar-refractivity contribution in [1.29, 1.82) is 0 Å². The van der Waals surface area contributed by atoms with Gasteiger partial charge in [0.1, 0.15) is 0 Å². The van der Waals surface area contributed by atoms with Crippen molar-refractivity contribution in [2.24, 2.45) is 0 Å². The van der Waals surface area contributed by atoms with Crippen LogP contribution in [-0.2, 0) is 9.53 Å². The molecule has 0 radical (unpaired) electrons. The van der Waals surface area contributed by atoms with Crippen LogP contribution in [0.1, 0.15) is 13.3 Å². The molecule has 0 aromatic carbocycles. The maximum atomic E-state index is 11.1. The molecule has 1 aromatic rings. The number of aromatic nitrogens is 3. The zero-order chi connectivity index (χ0) is 13.5. The average molecular weight is 254 g/mol. The Morgan fingerprint density at radius 1 is 1.39 bits per heavy atom. The molecule has 0 amide bonds. The second kappa shape index (κ2) is 6.58. The van der Waals surface area contributed by atoms with Crippen LogP contribution in [-0.4, -0.2) is 48.2 Å². The molecule has 100 valence electrons. The summed E-state index contributed by atoms with van der Waals surface area (Å²) in [5.74, 6) is 0.670. The molecular formula is C10H18N6O2. The van der Waals surface area contributed by atoms with Crippen molar-refractivity contribution in [3.63, 3.8) is 0 Å². The Labute approximate surface area is 106 Å². The molecule has 0 spiro atoms. The lowest BCUT2D eigenvalue weighted by molar-refractivity contribution is -0.142. The second-order valence-electron chi connectivity index (χ2n) is 3.69. The van der Waals surface area contributed by atoms with E-state index in [4.69, 9.17) is 10.5 Å². The van der Waals surface area contributed by atoms with E-state index in [0.717, 1.165) is 0 Å². The topological polar surface area (TPSA) is 106 Å². The van der Waals surface area contributed by atoms with E-state index in [0.29, 0.717) is 25.0 Å². The highest BCUT2D eigenvalue weighted by Crippen LogP contribution is 2.08. The van der Waals surface area contributed by atoms with Crippen molar-refractivity contribution in [2.45, 2.75) is 13.3 Å². The monoisotopic (exact) mass is 254 g/mol. The highest BCUT2D eigenvalue weighted by atomic mass is 16.5. The molecule has 0 atom stereocenters. The summed E-state index contributed by atoms with van der Waals surface area (Å²) in [5.41, 5.74) is 5.56. The van der Waals surface area contributed by atoms with Crippen LogP contribution in [0.5, 0.6) is 0 Å². The second-order valence-corrected chi connectivity index (χ2v) is 3.69. The van der Waals surface area contributed by atoms with Gasteiger partial charge in [0.15, 0.2) is 0 Å². The molecule has 0 aliphatic heterocycles. The molecule has 0 fully saturated rings. The van der Waals surface area contributed by atoms with Crippen molar-refractivity contribution in [2.75, 3.05) is 43.2 Å². The van der Waals surface area contributed by atoms with Crippen LogP contribution in [0.3, 0.4) is 0 Å².